The molecule has 0 bridgehead atoms. The molecule has 32 heavy (non-hydrogen) atoms. The molecule has 154 valence electrons. The molecule has 0 saturated carbocycles. The third-order valence-corrected chi connectivity index (χ3v) is 6.42. The summed E-state index contributed by atoms with van der Waals surface area (Å²) in [5.41, 5.74) is 6.32. The van der Waals surface area contributed by atoms with Crippen LogP contribution in [0.2, 0.25) is 0 Å². The van der Waals surface area contributed by atoms with Crippen LogP contribution in [0.1, 0.15) is 16.6 Å². The molecule has 6 rings (SSSR count). The number of rotatable bonds is 4. The highest BCUT2D eigenvalue weighted by atomic mass is 32.1. The van der Waals surface area contributed by atoms with Crippen LogP contribution in [-0.4, -0.2) is 40.9 Å². The lowest BCUT2D eigenvalue weighted by molar-refractivity contribution is 0.102. The number of fused-ring (bicyclic) bond motifs is 2. The first-order chi connectivity index (χ1) is 15.7. The summed E-state index contributed by atoms with van der Waals surface area (Å²) in [5.74, 6) is 0.641. The number of nitrogens with zero attached hydrogens (tertiary/aromatic N) is 5. The standard InChI is InChI=1S/C23H15N7OS/c1-12(31)18-6-7-19(32-18)14-10-25-11-17-20(14)28-23(27-17)22-21-16(29-30-22)5-4-15(26-21)13-3-2-8-24-9-13/h2-11H,1H3,(H,27,28)(H,29,30). The van der Waals surface area contributed by atoms with Crippen LogP contribution < -0.4 is 0 Å². The fourth-order valence-corrected chi connectivity index (χ4v) is 4.55. The fourth-order valence-electron chi connectivity index (χ4n) is 3.64. The molecule has 0 aliphatic heterocycles. The van der Waals surface area contributed by atoms with Gasteiger partial charge in [0.05, 0.1) is 27.8 Å². The summed E-state index contributed by atoms with van der Waals surface area (Å²) in [4.78, 5) is 34.9. The van der Waals surface area contributed by atoms with Gasteiger partial charge in [0, 0.05) is 34.6 Å². The number of thiophene rings is 1. The van der Waals surface area contributed by atoms with Gasteiger partial charge in [0.2, 0.25) is 0 Å². The summed E-state index contributed by atoms with van der Waals surface area (Å²) in [5, 5.41) is 7.50. The monoisotopic (exact) mass is 437 g/mol. The average molecular weight is 437 g/mol. The van der Waals surface area contributed by atoms with E-state index in [4.69, 9.17) is 9.97 Å². The maximum atomic E-state index is 11.7. The van der Waals surface area contributed by atoms with E-state index in [0.29, 0.717) is 16.4 Å². The van der Waals surface area contributed by atoms with E-state index in [1.54, 1.807) is 31.7 Å². The Morgan fingerprint density at radius 1 is 0.938 bits per heavy atom. The zero-order valence-electron chi connectivity index (χ0n) is 16.8. The molecule has 8 nitrogen and oxygen atoms in total. The van der Waals surface area contributed by atoms with Gasteiger partial charge in [0.25, 0.3) is 0 Å². The first kappa shape index (κ1) is 18.5. The Hall–Kier alpha value is -4.24. The molecule has 6 heterocycles. The van der Waals surface area contributed by atoms with E-state index in [0.717, 1.165) is 43.8 Å². The lowest BCUT2D eigenvalue weighted by atomic mass is 10.2. The molecule has 6 aromatic rings. The van der Waals surface area contributed by atoms with Crippen LogP contribution in [0.15, 0.2) is 61.2 Å². The van der Waals surface area contributed by atoms with Crippen molar-refractivity contribution in [1.82, 2.24) is 35.1 Å². The van der Waals surface area contributed by atoms with E-state index < -0.39 is 0 Å². The van der Waals surface area contributed by atoms with E-state index in [1.807, 2.05) is 36.4 Å². The Balaban J connectivity index is 1.49. The number of carbonyl (C=O) groups excluding carboxylic acids is 1. The molecule has 6 aromatic heterocycles. The average Bonchev–Trinajstić information content (AvgIpc) is 3.56. The maximum Gasteiger partial charge on any atom is 0.169 e. The predicted octanol–water partition coefficient (Wildman–Crippen LogP) is 4.89. The van der Waals surface area contributed by atoms with Crippen LogP contribution in [0.25, 0.3) is 55.3 Å². The fraction of sp³-hybridized carbons (Fsp3) is 0.0435. The largest absolute Gasteiger partial charge is 0.335 e. The van der Waals surface area contributed by atoms with Crippen LogP contribution in [0.5, 0.6) is 0 Å². The SMILES string of the molecule is CC(=O)c1ccc(-c2cncc3[nH]c(-c4n[nH]c5ccc(-c6cccnc6)nc45)nc23)s1. The van der Waals surface area contributed by atoms with Crippen molar-refractivity contribution in [3.8, 4) is 33.2 Å². The van der Waals surface area contributed by atoms with E-state index >= 15 is 0 Å². The quantitative estimate of drug-likeness (QED) is 0.380. The van der Waals surface area contributed by atoms with E-state index in [2.05, 4.69) is 25.1 Å². The number of ketones is 1. The summed E-state index contributed by atoms with van der Waals surface area (Å²) < 4.78 is 0. The van der Waals surface area contributed by atoms with Crippen molar-refractivity contribution in [1.29, 1.82) is 0 Å². The van der Waals surface area contributed by atoms with Crippen molar-refractivity contribution in [2.24, 2.45) is 0 Å². The zero-order chi connectivity index (χ0) is 21.7. The molecule has 0 aliphatic rings. The number of imidazole rings is 1. The van der Waals surface area contributed by atoms with Crippen LogP contribution in [-0.2, 0) is 0 Å². The summed E-state index contributed by atoms with van der Waals surface area (Å²) in [6.45, 7) is 1.57. The summed E-state index contributed by atoms with van der Waals surface area (Å²) in [7, 11) is 0. The highest BCUT2D eigenvalue weighted by Gasteiger charge is 2.18. The highest BCUT2D eigenvalue weighted by molar-refractivity contribution is 7.17. The van der Waals surface area contributed by atoms with Crippen molar-refractivity contribution in [2.45, 2.75) is 6.92 Å². The number of nitrogens with one attached hydrogen (secondary N) is 2. The van der Waals surface area contributed by atoms with Crippen molar-refractivity contribution in [2.75, 3.05) is 0 Å². The number of hydrogen-bond donors (Lipinski definition) is 2. The molecule has 0 spiro atoms. The van der Waals surface area contributed by atoms with Crippen molar-refractivity contribution in [3.05, 3.63) is 66.1 Å². The Labute approximate surface area is 185 Å². The number of hydrogen-bond acceptors (Lipinski definition) is 7. The molecular formula is C23H15N7OS. The molecule has 0 atom stereocenters. The van der Waals surface area contributed by atoms with E-state index in [-0.39, 0.29) is 5.78 Å². The molecule has 9 heteroatoms. The van der Waals surface area contributed by atoms with Gasteiger partial charge in [-0.1, -0.05) is 0 Å². The predicted molar refractivity (Wildman–Crippen MR) is 123 cm³/mol. The first-order valence-electron chi connectivity index (χ1n) is 9.88. The summed E-state index contributed by atoms with van der Waals surface area (Å²) >= 11 is 1.43. The zero-order valence-corrected chi connectivity index (χ0v) is 17.6. The Morgan fingerprint density at radius 3 is 2.69 bits per heavy atom. The minimum absolute atomic E-state index is 0.0441. The first-order valence-corrected chi connectivity index (χ1v) is 10.7. The number of pyridine rings is 3. The molecule has 2 N–H and O–H groups in total. The summed E-state index contributed by atoms with van der Waals surface area (Å²) in [6, 6.07) is 11.5. The number of H-pyrrole nitrogens is 2. The third-order valence-electron chi connectivity index (χ3n) is 5.20. The Kier molecular flexibility index (Phi) is 4.15. The number of aromatic nitrogens is 7. The molecule has 0 saturated heterocycles. The van der Waals surface area contributed by atoms with Gasteiger partial charge in [-0.05, 0) is 43.3 Å². The minimum atomic E-state index is 0.0441. The van der Waals surface area contributed by atoms with Crippen LogP contribution in [0.3, 0.4) is 0 Å². The van der Waals surface area contributed by atoms with Crippen molar-refractivity contribution < 1.29 is 4.79 Å². The van der Waals surface area contributed by atoms with Crippen LogP contribution >= 0.6 is 11.3 Å². The summed E-state index contributed by atoms with van der Waals surface area (Å²) in [6.07, 6.45) is 7.02. The van der Waals surface area contributed by atoms with Gasteiger partial charge < -0.3 is 4.98 Å². The topological polar surface area (TPSA) is 113 Å². The molecule has 0 amide bonds. The number of aromatic amines is 2. The second kappa shape index (κ2) is 7.17. The number of carbonyl (C=O) groups is 1. The lowest BCUT2D eigenvalue weighted by Gasteiger charge is -2.00. The molecule has 0 radical (unpaired) electrons. The second-order valence-electron chi connectivity index (χ2n) is 7.30. The lowest BCUT2D eigenvalue weighted by Crippen LogP contribution is -1.87. The van der Waals surface area contributed by atoms with Crippen molar-refractivity contribution >= 4 is 39.2 Å². The van der Waals surface area contributed by atoms with Gasteiger partial charge in [-0.2, -0.15) is 5.10 Å². The molecule has 0 unspecified atom stereocenters. The van der Waals surface area contributed by atoms with Gasteiger partial charge in [-0.15, -0.1) is 11.3 Å². The van der Waals surface area contributed by atoms with E-state index in [1.165, 1.54) is 11.3 Å². The van der Waals surface area contributed by atoms with Gasteiger partial charge in [-0.3, -0.25) is 19.9 Å². The van der Waals surface area contributed by atoms with Crippen LogP contribution in [0.4, 0.5) is 0 Å². The molecule has 0 fully saturated rings. The van der Waals surface area contributed by atoms with Gasteiger partial charge in [0.15, 0.2) is 17.3 Å². The molecular weight excluding hydrogens is 422 g/mol. The Bertz CT molecular complexity index is 1610. The van der Waals surface area contributed by atoms with Crippen LogP contribution in [0, 0.1) is 0 Å². The molecule has 0 aromatic carbocycles. The highest BCUT2D eigenvalue weighted by Crippen LogP contribution is 2.34. The maximum absolute atomic E-state index is 11.7. The smallest absolute Gasteiger partial charge is 0.169 e. The second-order valence-corrected chi connectivity index (χ2v) is 8.38. The van der Waals surface area contributed by atoms with Crippen molar-refractivity contribution in [3.63, 3.8) is 0 Å². The normalized spacial score (nSPS) is 11.4. The minimum Gasteiger partial charge on any atom is -0.335 e. The van der Waals surface area contributed by atoms with Gasteiger partial charge in [0.1, 0.15) is 11.0 Å². The third kappa shape index (κ3) is 2.98. The molecule has 0 aliphatic carbocycles. The van der Waals surface area contributed by atoms with Gasteiger partial charge in [-0.25, -0.2) is 9.97 Å². The van der Waals surface area contributed by atoms with Gasteiger partial charge >= 0.3 is 0 Å². The van der Waals surface area contributed by atoms with E-state index in [9.17, 15) is 4.79 Å². The Morgan fingerprint density at radius 2 is 1.88 bits per heavy atom. The number of Topliss-reactive ketones (excluding diaryl/α,β-unsaturated/α-hetero) is 1.